The molecule has 0 aliphatic rings. The Morgan fingerprint density at radius 3 is 2.73 bits per heavy atom. The molecule has 2 aromatic rings. The van der Waals surface area contributed by atoms with Crippen LogP contribution in [0.15, 0.2) is 12.1 Å². The van der Waals surface area contributed by atoms with E-state index in [1.54, 1.807) is 12.1 Å². The Morgan fingerprint density at radius 2 is 2.13 bits per heavy atom. The number of fused-ring (bicyclic) bond motifs is 1. The average molecular weight is 244 g/mol. The predicted molar refractivity (Wildman–Crippen MR) is 60.3 cm³/mol. The van der Waals surface area contributed by atoms with Crippen LogP contribution in [0.5, 0.6) is 5.75 Å². The molecule has 2 rings (SSSR count). The summed E-state index contributed by atoms with van der Waals surface area (Å²) < 4.78 is 5.06. The van der Waals surface area contributed by atoms with Crippen molar-refractivity contribution >= 4 is 40.4 Å². The van der Waals surface area contributed by atoms with Crippen LogP contribution in [0.2, 0.25) is 10.2 Å². The number of ether oxygens (including phenoxy) is 1. The minimum absolute atomic E-state index is 0.310. The van der Waals surface area contributed by atoms with Crippen molar-refractivity contribution in [3.63, 3.8) is 0 Å². The molecule has 0 unspecified atom stereocenters. The van der Waals surface area contributed by atoms with Gasteiger partial charge in [-0.1, -0.05) is 23.2 Å². The van der Waals surface area contributed by atoms with Gasteiger partial charge in [-0.15, -0.1) is 0 Å². The van der Waals surface area contributed by atoms with Gasteiger partial charge in [0.25, 0.3) is 0 Å². The first kappa shape index (κ1) is 10.3. The number of carbonyl (C=O) groups is 1. The lowest BCUT2D eigenvalue weighted by molar-refractivity contribution is 0.112. The van der Waals surface area contributed by atoms with Crippen LogP contribution in [-0.2, 0) is 0 Å². The van der Waals surface area contributed by atoms with Gasteiger partial charge in [0, 0.05) is 10.9 Å². The fourth-order valence-electron chi connectivity index (χ4n) is 1.46. The molecule has 15 heavy (non-hydrogen) atoms. The number of rotatable bonds is 2. The smallest absolute Gasteiger partial charge is 0.153 e. The van der Waals surface area contributed by atoms with Crippen molar-refractivity contribution in [2.45, 2.75) is 0 Å². The van der Waals surface area contributed by atoms with Crippen LogP contribution in [0, 0.1) is 0 Å². The summed E-state index contributed by atoms with van der Waals surface area (Å²) in [4.78, 5) is 13.7. The molecular weight excluding hydrogens is 237 g/mol. The first-order valence-corrected chi connectivity index (χ1v) is 4.93. The van der Waals surface area contributed by atoms with Crippen LogP contribution in [-0.4, -0.2) is 18.4 Å². The Hall–Kier alpha value is -1.19. The van der Waals surface area contributed by atoms with Gasteiger partial charge >= 0.3 is 0 Å². The van der Waals surface area contributed by atoms with E-state index in [2.05, 4.69) is 4.98 Å². The van der Waals surface area contributed by atoms with Gasteiger partial charge < -0.3 is 9.72 Å². The second-order valence-corrected chi connectivity index (χ2v) is 3.79. The van der Waals surface area contributed by atoms with Gasteiger partial charge in [-0.3, -0.25) is 4.79 Å². The molecule has 0 amide bonds. The Kier molecular flexibility index (Phi) is 2.59. The molecule has 1 aromatic carbocycles. The maximum absolute atomic E-state index is 10.8. The second-order valence-electron chi connectivity index (χ2n) is 3.00. The first-order valence-electron chi connectivity index (χ1n) is 4.17. The fraction of sp³-hybridized carbons (Fsp3) is 0.100. The third-order valence-corrected chi connectivity index (χ3v) is 2.77. The van der Waals surface area contributed by atoms with Crippen molar-refractivity contribution in [1.82, 2.24) is 4.98 Å². The number of aromatic amines is 1. The Balaban J connectivity index is 2.82. The summed E-state index contributed by atoms with van der Waals surface area (Å²) in [5.41, 5.74) is 1.13. The van der Waals surface area contributed by atoms with Crippen molar-refractivity contribution < 1.29 is 9.53 Å². The van der Waals surface area contributed by atoms with E-state index < -0.39 is 0 Å². The number of methoxy groups -OCH3 is 1. The van der Waals surface area contributed by atoms with Gasteiger partial charge in [-0.25, -0.2) is 0 Å². The van der Waals surface area contributed by atoms with Gasteiger partial charge in [-0.05, 0) is 12.1 Å². The Labute approximate surface area is 95.9 Å². The summed E-state index contributed by atoms with van der Waals surface area (Å²) in [7, 11) is 1.52. The summed E-state index contributed by atoms with van der Waals surface area (Å²) in [6, 6.07) is 3.36. The number of aldehydes is 1. The SMILES string of the molecule is COc1cc2c(C=O)c(Cl)[nH]c2cc1Cl. The average Bonchev–Trinajstić information content (AvgIpc) is 2.51. The molecule has 0 saturated heterocycles. The van der Waals surface area contributed by atoms with Crippen molar-refractivity contribution in [2.24, 2.45) is 0 Å². The molecule has 0 aliphatic carbocycles. The third-order valence-electron chi connectivity index (χ3n) is 2.18. The summed E-state index contributed by atoms with van der Waals surface area (Å²) in [5.74, 6) is 0.517. The topological polar surface area (TPSA) is 42.1 Å². The molecule has 0 fully saturated rings. The predicted octanol–water partition coefficient (Wildman–Crippen LogP) is 3.30. The third kappa shape index (κ3) is 1.58. The number of carbonyl (C=O) groups excluding carboxylic acids is 1. The number of hydrogen-bond acceptors (Lipinski definition) is 2. The maximum Gasteiger partial charge on any atom is 0.153 e. The molecule has 1 aromatic heterocycles. The molecular formula is C10H7Cl2NO2. The van der Waals surface area contributed by atoms with E-state index >= 15 is 0 Å². The number of aromatic nitrogens is 1. The van der Waals surface area contributed by atoms with E-state index in [0.717, 1.165) is 0 Å². The zero-order valence-corrected chi connectivity index (χ0v) is 9.32. The number of hydrogen-bond donors (Lipinski definition) is 1. The van der Waals surface area contributed by atoms with E-state index in [4.69, 9.17) is 27.9 Å². The molecule has 0 saturated carbocycles. The minimum Gasteiger partial charge on any atom is -0.495 e. The van der Waals surface area contributed by atoms with E-state index in [1.807, 2.05) is 0 Å². The zero-order chi connectivity index (χ0) is 11.0. The summed E-state index contributed by atoms with van der Waals surface area (Å²) in [5, 5.41) is 1.49. The molecule has 0 aliphatic heterocycles. The van der Waals surface area contributed by atoms with Crippen molar-refractivity contribution in [2.75, 3.05) is 7.11 Å². The number of nitrogens with one attached hydrogen (secondary N) is 1. The molecule has 0 bridgehead atoms. The molecule has 3 nitrogen and oxygen atoms in total. The summed E-state index contributed by atoms with van der Waals surface area (Å²) in [6.45, 7) is 0. The molecule has 1 heterocycles. The minimum atomic E-state index is 0.310. The lowest BCUT2D eigenvalue weighted by Crippen LogP contribution is -1.84. The molecule has 0 atom stereocenters. The highest BCUT2D eigenvalue weighted by Crippen LogP contribution is 2.33. The van der Waals surface area contributed by atoms with Crippen molar-refractivity contribution in [3.8, 4) is 5.75 Å². The zero-order valence-electron chi connectivity index (χ0n) is 7.80. The van der Waals surface area contributed by atoms with Gasteiger partial charge in [0.2, 0.25) is 0 Å². The summed E-state index contributed by atoms with van der Waals surface area (Å²) in [6.07, 6.45) is 0.703. The van der Waals surface area contributed by atoms with Crippen molar-refractivity contribution in [3.05, 3.63) is 27.9 Å². The lowest BCUT2D eigenvalue weighted by atomic mass is 10.2. The van der Waals surface area contributed by atoms with E-state index in [1.165, 1.54) is 7.11 Å². The van der Waals surface area contributed by atoms with Gasteiger partial charge in [0.05, 0.1) is 17.7 Å². The second kappa shape index (κ2) is 3.76. The molecule has 5 heteroatoms. The monoisotopic (exact) mass is 243 g/mol. The van der Waals surface area contributed by atoms with Gasteiger partial charge in [0.1, 0.15) is 10.9 Å². The largest absolute Gasteiger partial charge is 0.495 e. The van der Waals surface area contributed by atoms with E-state index in [9.17, 15) is 4.79 Å². The van der Waals surface area contributed by atoms with E-state index in [-0.39, 0.29) is 0 Å². The maximum atomic E-state index is 10.8. The standard InChI is InChI=1S/C10H7Cl2NO2/c1-15-9-2-5-6(4-14)10(12)13-8(5)3-7(9)11/h2-4,13H,1H3. The lowest BCUT2D eigenvalue weighted by Gasteiger charge is -2.02. The number of halogens is 2. The van der Waals surface area contributed by atoms with Crippen LogP contribution in [0.1, 0.15) is 10.4 Å². The quantitative estimate of drug-likeness (QED) is 0.823. The molecule has 1 N–H and O–H groups in total. The van der Waals surface area contributed by atoms with Crippen LogP contribution in [0.3, 0.4) is 0 Å². The highest BCUT2D eigenvalue weighted by molar-refractivity contribution is 6.35. The number of H-pyrrole nitrogens is 1. The van der Waals surface area contributed by atoms with Crippen LogP contribution < -0.4 is 4.74 Å². The molecule has 78 valence electrons. The highest BCUT2D eigenvalue weighted by Gasteiger charge is 2.12. The summed E-state index contributed by atoms with van der Waals surface area (Å²) >= 11 is 11.8. The van der Waals surface area contributed by atoms with Crippen LogP contribution in [0.4, 0.5) is 0 Å². The molecule has 0 radical (unpaired) electrons. The van der Waals surface area contributed by atoms with Gasteiger partial charge in [0.15, 0.2) is 6.29 Å². The van der Waals surface area contributed by atoms with Gasteiger partial charge in [-0.2, -0.15) is 0 Å². The van der Waals surface area contributed by atoms with E-state index in [0.29, 0.717) is 38.7 Å². The van der Waals surface area contributed by atoms with Crippen molar-refractivity contribution in [1.29, 1.82) is 0 Å². The van der Waals surface area contributed by atoms with Crippen LogP contribution >= 0.6 is 23.2 Å². The fourth-order valence-corrected chi connectivity index (χ4v) is 1.94. The Bertz CT molecular complexity index is 534. The first-order chi connectivity index (χ1) is 7.17. The molecule has 0 spiro atoms. The Morgan fingerprint density at radius 1 is 1.40 bits per heavy atom. The highest BCUT2D eigenvalue weighted by atomic mass is 35.5. The number of benzene rings is 1. The normalized spacial score (nSPS) is 10.6. The van der Waals surface area contributed by atoms with Crippen LogP contribution in [0.25, 0.3) is 10.9 Å².